The zero-order valence-corrected chi connectivity index (χ0v) is 15.5. The zero-order valence-electron chi connectivity index (χ0n) is 13.9. The number of hydrogen-bond acceptors (Lipinski definition) is 4. The van der Waals surface area contributed by atoms with Gasteiger partial charge in [0, 0.05) is 12.1 Å². The second-order valence-corrected chi connectivity index (χ2v) is 8.10. The third-order valence-electron chi connectivity index (χ3n) is 5.03. The van der Waals surface area contributed by atoms with Crippen molar-refractivity contribution in [1.82, 2.24) is 19.1 Å². The van der Waals surface area contributed by atoms with E-state index in [4.69, 9.17) is 12.2 Å². The number of H-pyrrole nitrogens is 1. The third-order valence-corrected chi connectivity index (χ3v) is 6.51. The molecule has 4 nitrogen and oxygen atoms in total. The largest absolute Gasteiger partial charge is 0.273 e. The molecule has 3 rings (SSSR count). The summed E-state index contributed by atoms with van der Waals surface area (Å²) in [5.74, 6) is 0. The average molecular weight is 353 g/mol. The molecule has 6 heteroatoms. The highest BCUT2D eigenvalue weighted by Gasteiger charge is 2.30. The second-order valence-electron chi connectivity index (χ2n) is 6.75. The van der Waals surface area contributed by atoms with E-state index in [0.29, 0.717) is 23.4 Å². The smallest absolute Gasteiger partial charge is 0.217 e. The Bertz CT molecular complexity index is 535. The van der Waals surface area contributed by atoms with Crippen LogP contribution in [0.1, 0.15) is 64.2 Å². The van der Waals surface area contributed by atoms with Crippen molar-refractivity contribution in [3.63, 3.8) is 0 Å². The van der Waals surface area contributed by atoms with Crippen LogP contribution >= 0.6 is 24.2 Å². The average Bonchev–Trinajstić information content (AvgIpc) is 2.94. The van der Waals surface area contributed by atoms with Crippen molar-refractivity contribution in [2.75, 3.05) is 0 Å². The fourth-order valence-electron chi connectivity index (χ4n) is 3.85. The molecule has 0 unspecified atom stereocenters. The highest BCUT2D eigenvalue weighted by atomic mass is 32.2. The molecule has 0 radical (unpaired) electrons. The van der Waals surface area contributed by atoms with Crippen LogP contribution in [0.25, 0.3) is 0 Å². The molecule has 1 aromatic heterocycles. The van der Waals surface area contributed by atoms with E-state index in [1.54, 1.807) is 0 Å². The molecule has 0 aliphatic heterocycles. The molecule has 1 aromatic rings. The van der Waals surface area contributed by atoms with Crippen LogP contribution in [0.5, 0.6) is 0 Å². The summed E-state index contributed by atoms with van der Waals surface area (Å²) in [4.78, 5) is 4.55. The molecule has 0 atom stereocenters. The lowest BCUT2D eigenvalue weighted by atomic mass is 9.91. The first kappa shape index (κ1) is 17.2. The molecule has 2 fully saturated rings. The molecule has 0 spiro atoms. The number of nitrogens with zero attached hydrogens (tertiary/aromatic N) is 3. The summed E-state index contributed by atoms with van der Waals surface area (Å²) in [6.07, 6.45) is 15.5. The first-order chi connectivity index (χ1) is 11.3. The van der Waals surface area contributed by atoms with E-state index in [1.165, 1.54) is 64.2 Å². The van der Waals surface area contributed by atoms with Crippen molar-refractivity contribution in [3.05, 3.63) is 17.4 Å². The van der Waals surface area contributed by atoms with Gasteiger partial charge in [-0.3, -0.25) is 9.78 Å². The van der Waals surface area contributed by atoms with Crippen LogP contribution in [0.4, 0.5) is 0 Å². The summed E-state index contributed by atoms with van der Waals surface area (Å²) >= 11 is 7.15. The number of rotatable bonds is 6. The Hall–Kier alpha value is -0.590. The molecule has 1 N–H and O–H groups in total. The molecule has 2 aliphatic rings. The van der Waals surface area contributed by atoms with E-state index in [-0.39, 0.29) is 0 Å². The number of allylic oxidation sites excluding steroid dienone is 1. The quantitative estimate of drug-likeness (QED) is 0.439. The van der Waals surface area contributed by atoms with Gasteiger partial charge >= 0.3 is 0 Å². The zero-order chi connectivity index (χ0) is 16.1. The summed E-state index contributed by atoms with van der Waals surface area (Å²) in [6, 6.07) is 1.40. The van der Waals surface area contributed by atoms with E-state index in [2.05, 4.69) is 21.0 Å². The molecule has 0 saturated heterocycles. The van der Waals surface area contributed by atoms with Crippen LogP contribution in [0.15, 0.2) is 17.8 Å². The molecular weight excluding hydrogens is 324 g/mol. The van der Waals surface area contributed by atoms with Gasteiger partial charge in [-0.1, -0.05) is 44.6 Å². The first-order valence-corrected chi connectivity index (χ1v) is 10.2. The van der Waals surface area contributed by atoms with Crippen molar-refractivity contribution in [2.24, 2.45) is 0 Å². The lowest BCUT2D eigenvalue weighted by molar-refractivity contribution is 0.184. The Morgan fingerprint density at radius 3 is 2.22 bits per heavy atom. The van der Waals surface area contributed by atoms with Crippen LogP contribution in [0.3, 0.4) is 0 Å². The molecule has 2 aliphatic carbocycles. The van der Waals surface area contributed by atoms with E-state index >= 15 is 0 Å². The van der Waals surface area contributed by atoms with Gasteiger partial charge in [-0.15, -0.1) is 6.58 Å². The number of hydrogen-bond donors (Lipinski definition) is 1. The van der Waals surface area contributed by atoms with Crippen molar-refractivity contribution in [2.45, 2.75) is 88.0 Å². The number of nitrogens with one attached hydrogen (secondary N) is 1. The van der Waals surface area contributed by atoms with E-state index in [1.807, 2.05) is 22.7 Å². The predicted molar refractivity (Wildman–Crippen MR) is 99.1 cm³/mol. The van der Waals surface area contributed by atoms with E-state index in [9.17, 15) is 0 Å². The molecule has 0 aromatic carbocycles. The molecule has 1 heterocycles. The minimum Gasteiger partial charge on any atom is -0.273 e. The van der Waals surface area contributed by atoms with Gasteiger partial charge in [-0.2, -0.15) is 4.98 Å². The Balaban J connectivity index is 1.75. The maximum Gasteiger partial charge on any atom is 0.217 e. The van der Waals surface area contributed by atoms with Gasteiger partial charge in [0.2, 0.25) is 4.77 Å². The molecule has 128 valence electrons. The fraction of sp³-hybridized carbons (Fsp3) is 0.765. The molecular formula is C17H28N4S2. The number of aromatic amines is 1. The van der Waals surface area contributed by atoms with Crippen LogP contribution in [-0.4, -0.2) is 31.2 Å². The van der Waals surface area contributed by atoms with E-state index in [0.717, 1.165) is 5.16 Å². The van der Waals surface area contributed by atoms with Gasteiger partial charge in [0.05, 0.1) is 6.54 Å². The fourth-order valence-corrected chi connectivity index (χ4v) is 5.31. The van der Waals surface area contributed by atoms with Gasteiger partial charge in [0.25, 0.3) is 0 Å². The number of aromatic nitrogens is 3. The minimum atomic E-state index is 0.625. The molecule has 0 bridgehead atoms. The Kier molecular flexibility index (Phi) is 6.36. The summed E-state index contributed by atoms with van der Waals surface area (Å²) < 4.78 is 5.19. The van der Waals surface area contributed by atoms with Gasteiger partial charge in [0.1, 0.15) is 0 Å². The molecule has 0 amide bonds. The highest BCUT2D eigenvalue weighted by molar-refractivity contribution is 7.96. The Labute approximate surface area is 148 Å². The standard InChI is InChI=1S/C17H28N4S2/c1-2-13-20-17(22)18-16(19-20)23-21(14-9-5-3-6-10-14)15-11-7-4-8-12-15/h2,14-15H,1,3-13H2,(H,18,19,22). The van der Waals surface area contributed by atoms with Gasteiger partial charge in [-0.25, -0.2) is 4.31 Å². The summed E-state index contributed by atoms with van der Waals surface area (Å²) in [7, 11) is 0. The first-order valence-electron chi connectivity index (χ1n) is 9.02. The minimum absolute atomic E-state index is 0.625. The SMILES string of the molecule is C=CCn1[nH]c(SN(C2CCCCC2)C2CCCCC2)nc1=S. The molecule has 23 heavy (non-hydrogen) atoms. The van der Waals surface area contributed by atoms with Crippen molar-refractivity contribution in [3.8, 4) is 0 Å². The van der Waals surface area contributed by atoms with Crippen LogP contribution in [0, 0.1) is 4.77 Å². The summed E-state index contributed by atoms with van der Waals surface area (Å²) in [5.41, 5.74) is 0. The summed E-state index contributed by atoms with van der Waals surface area (Å²) in [5, 5.41) is 4.28. The third kappa shape index (κ3) is 4.48. The van der Waals surface area contributed by atoms with E-state index < -0.39 is 0 Å². The van der Waals surface area contributed by atoms with Crippen molar-refractivity contribution in [1.29, 1.82) is 0 Å². The Morgan fingerprint density at radius 1 is 1.13 bits per heavy atom. The maximum absolute atomic E-state index is 5.35. The lowest BCUT2D eigenvalue weighted by Gasteiger charge is -2.39. The van der Waals surface area contributed by atoms with Crippen molar-refractivity contribution >= 4 is 24.2 Å². The van der Waals surface area contributed by atoms with Crippen LogP contribution < -0.4 is 0 Å². The molecule has 2 saturated carbocycles. The Morgan fingerprint density at radius 2 is 1.70 bits per heavy atom. The van der Waals surface area contributed by atoms with Gasteiger partial charge in [0.15, 0.2) is 5.16 Å². The summed E-state index contributed by atoms with van der Waals surface area (Å²) in [6.45, 7) is 4.48. The monoisotopic (exact) mass is 352 g/mol. The highest BCUT2D eigenvalue weighted by Crippen LogP contribution is 2.36. The van der Waals surface area contributed by atoms with Crippen LogP contribution in [-0.2, 0) is 6.54 Å². The normalized spacial score (nSPS) is 20.9. The maximum atomic E-state index is 5.35. The van der Waals surface area contributed by atoms with Gasteiger partial charge < -0.3 is 0 Å². The van der Waals surface area contributed by atoms with Crippen LogP contribution in [0.2, 0.25) is 0 Å². The van der Waals surface area contributed by atoms with Gasteiger partial charge in [-0.05, 0) is 49.8 Å². The predicted octanol–water partition coefficient (Wildman–Crippen LogP) is 5.10. The van der Waals surface area contributed by atoms with Crippen molar-refractivity contribution < 1.29 is 0 Å². The topological polar surface area (TPSA) is 36.9 Å². The lowest BCUT2D eigenvalue weighted by Crippen LogP contribution is -2.40. The second kappa shape index (κ2) is 8.49.